The van der Waals surface area contributed by atoms with Crippen molar-refractivity contribution in [2.45, 2.75) is 37.6 Å². The van der Waals surface area contributed by atoms with Crippen LogP contribution in [0.5, 0.6) is 0 Å². The van der Waals surface area contributed by atoms with Gasteiger partial charge in [0.1, 0.15) is 0 Å². The number of hydrogen-bond acceptors (Lipinski definition) is 1. The van der Waals surface area contributed by atoms with Gasteiger partial charge >= 0.3 is 0 Å². The first-order valence-corrected chi connectivity index (χ1v) is 6.53. The molecule has 0 saturated heterocycles. The Balaban J connectivity index is 2.31. The summed E-state index contributed by atoms with van der Waals surface area (Å²) in [7, 11) is 0. The first-order valence-electron chi connectivity index (χ1n) is 5.36. The average Bonchev–Trinajstić information content (AvgIpc) is 2.23. The van der Waals surface area contributed by atoms with Crippen molar-refractivity contribution in [1.29, 1.82) is 0 Å². The van der Waals surface area contributed by atoms with E-state index in [-0.39, 0.29) is 5.54 Å². The molecule has 0 amide bonds. The van der Waals surface area contributed by atoms with Crippen LogP contribution in [-0.2, 0) is 5.54 Å². The van der Waals surface area contributed by atoms with Crippen LogP contribution in [0.1, 0.15) is 37.7 Å². The Bertz CT molecular complexity index is 359. The number of hydrogen-bond donors (Lipinski definition) is 1. The Kier molecular flexibility index (Phi) is 3.39. The van der Waals surface area contributed by atoms with Gasteiger partial charge in [0.2, 0.25) is 0 Å². The Morgan fingerprint density at radius 2 is 1.87 bits per heavy atom. The minimum Gasteiger partial charge on any atom is -0.321 e. The molecular weight excluding hydrogens is 273 g/mol. The lowest BCUT2D eigenvalue weighted by Crippen LogP contribution is -2.38. The Morgan fingerprint density at radius 3 is 2.47 bits per heavy atom. The molecule has 1 saturated carbocycles. The van der Waals surface area contributed by atoms with Gasteiger partial charge < -0.3 is 5.73 Å². The molecule has 0 unspecified atom stereocenters. The van der Waals surface area contributed by atoms with Gasteiger partial charge in [-0.3, -0.25) is 0 Å². The van der Waals surface area contributed by atoms with Crippen LogP contribution in [0.4, 0.5) is 0 Å². The van der Waals surface area contributed by atoms with Crippen LogP contribution >= 0.6 is 27.5 Å². The Hall–Kier alpha value is -0.0500. The summed E-state index contributed by atoms with van der Waals surface area (Å²) in [5, 5.41) is 0.748. The van der Waals surface area contributed by atoms with Crippen LogP contribution in [0.15, 0.2) is 22.7 Å². The second-order valence-electron chi connectivity index (χ2n) is 4.35. The lowest BCUT2D eigenvalue weighted by Gasteiger charge is -2.34. The summed E-state index contributed by atoms with van der Waals surface area (Å²) in [4.78, 5) is 0. The van der Waals surface area contributed by atoms with E-state index in [1.165, 1.54) is 24.8 Å². The predicted molar refractivity (Wildman–Crippen MR) is 68.1 cm³/mol. The molecule has 0 spiro atoms. The van der Waals surface area contributed by atoms with E-state index in [0.29, 0.717) is 0 Å². The van der Waals surface area contributed by atoms with E-state index in [9.17, 15) is 0 Å². The second kappa shape index (κ2) is 4.44. The molecule has 0 aliphatic heterocycles. The fourth-order valence-corrected chi connectivity index (χ4v) is 2.77. The van der Waals surface area contributed by atoms with Gasteiger partial charge in [-0.2, -0.15) is 0 Å². The Morgan fingerprint density at radius 1 is 1.20 bits per heavy atom. The van der Waals surface area contributed by atoms with Crippen molar-refractivity contribution < 1.29 is 0 Å². The van der Waals surface area contributed by atoms with E-state index in [0.717, 1.165) is 22.3 Å². The summed E-state index contributed by atoms with van der Waals surface area (Å²) in [6.07, 6.45) is 5.95. The minimum absolute atomic E-state index is 0.134. The first kappa shape index (κ1) is 11.4. The van der Waals surface area contributed by atoms with Crippen LogP contribution in [-0.4, -0.2) is 0 Å². The normalized spacial score (nSPS) is 20.2. The van der Waals surface area contributed by atoms with E-state index in [4.69, 9.17) is 17.3 Å². The molecule has 0 atom stereocenters. The van der Waals surface area contributed by atoms with Crippen molar-refractivity contribution in [1.82, 2.24) is 0 Å². The van der Waals surface area contributed by atoms with Crippen LogP contribution in [0.3, 0.4) is 0 Å². The van der Waals surface area contributed by atoms with Gasteiger partial charge in [0.25, 0.3) is 0 Å². The fourth-order valence-electron chi connectivity index (χ4n) is 2.28. The molecule has 0 bridgehead atoms. The number of nitrogens with two attached hydrogens (primary N) is 1. The van der Waals surface area contributed by atoms with E-state index in [1.54, 1.807) is 0 Å². The quantitative estimate of drug-likeness (QED) is 0.822. The van der Waals surface area contributed by atoms with Crippen molar-refractivity contribution in [3.05, 3.63) is 33.3 Å². The van der Waals surface area contributed by atoms with Crippen molar-refractivity contribution in [2.75, 3.05) is 0 Å². The molecule has 0 aromatic heterocycles. The Labute approximate surface area is 104 Å². The number of benzene rings is 1. The third-order valence-electron chi connectivity index (χ3n) is 3.24. The van der Waals surface area contributed by atoms with E-state index >= 15 is 0 Å². The lowest BCUT2D eigenvalue weighted by molar-refractivity contribution is 0.302. The number of halogens is 2. The summed E-state index contributed by atoms with van der Waals surface area (Å²) in [5.41, 5.74) is 7.51. The summed E-state index contributed by atoms with van der Waals surface area (Å²) < 4.78 is 0.942. The molecule has 2 N–H and O–H groups in total. The third-order valence-corrected chi connectivity index (χ3v) is 4.45. The number of rotatable bonds is 1. The van der Waals surface area contributed by atoms with Gasteiger partial charge in [0.15, 0.2) is 0 Å². The van der Waals surface area contributed by atoms with Gasteiger partial charge in [0, 0.05) is 10.0 Å². The topological polar surface area (TPSA) is 26.0 Å². The van der Waals surface area contributed by atoms with E-state index in [2.05, 4.69) is 28.1 Å². The summed E-state index contributed by atoms with van der Waals surface area (Å²) in [6, 6.07) is 6.04. The van der Waals surface area contributed by atoms with Gasteiger partial charge in [-0.1, -0.05) is 36.9 Å². The van der Waals surface area contributed by atoms with Gasteiger partial charge in [0.05, 0.1) is 5.02 Å². The zero-order chi connectivity index (χ0) is 10.9. The minimum atomic E-state index is -0.134. The van der Waals surface area contributed by atoms with Crippen molar-refractivity contribution >= 4 is 27.5 Å². The highest BCUT2D eigenvalue weighted by atomic mass is 79.9. The van der Waals surface area contributed by atoms with E-state index in [1.807, 2.05) is 6.07 Å². The van der Waals surface area contributed by atoms with Crippen LogP contribution in [0, 0.1) is 0 Å². The lowest BCUT2D eigenvalue weighted by atomic mass is 9.77. The highest BCUT2D eigenvalue weighted by Crippen LogP contribution is 2.37. The van der Waals surface area contributed by atoms with Crippen molar-refractivity contribution in [3.63, 3.8) is 0 Å². The van der Waals surface area contributed by atoms with Gasteiger partial charge in [-0.25, -0.2) is 0 Å². The maximum absolute atomic E-state index is 6.44. The highest BCUT2D eigenvalue weighted by molar-refractivity contribution is 9.10. The molecule has 1 aromatic carbocycles. The van der Waals surface area contributed by atoms with E-state index < -0.39 is 0 Å². The molecule has 15 heavy (non-hydrogen) atoms. The van der Waals surface area contributed by atoms with Crippen LogP contribution < -0.4 is 5.73 Å². The first-order chi connectivity index (χ1) is 7.12. The molecule has 1 aromatic rings. The molecule has 1 fully saturated rings. The standard InChI is InChI=1S/C12H15BrClN/c13-10-8-9(4-5-11(10)14)12(15)6-2-1-3-7-12/h4-5,8H,1-3,6-7,15H2. The molecule has 3 heteroatoms. The molecule has 0 radical (unpaired) electrons. The zero-order valence-corrected chi connectivity index (χ0v) is 10.9. The monoisotopic (exact) mass is 287 g/mol. The van der Waals surface area contributed by atoms with Crippen LogP contribution in [0.25, 0.3) is 0 Å². The molecule has 0 heterocycles. The maximum Gasteiger partial charge on any atom is 0.0548 e. The summed E-state index contributed by atoms with van der Waals surface area (Å²) in [5.74, 6) is 0. The molecule has 1 aliphatic rings. The molecular formula is C12H15BrClN. The third kappa shape index (κ3) is 2.38. The van der Waals surface area contributed by atoms with Crippen molar-refractivity contribution in [3.8, 4) is 0 Å². The van der Waals surface area contributed by atoms with Crippen molar-refractivity contribution in [2.24, 2.45) is 5.73 Å². The largest absolute Gasteiger partial charge is 0.321 e. The summed E-state index contributed by atoms with van der Waals surface area (Å²) >= 11 is 9.43. The average molecular weight is 289 g/mol. The SMILES string of the molecule is NC1(c2ccc(Cl)c(Br)c2)CCCCC1. The zero-order valence-electron chi connectivity index (χ0n) is 8.60. The van der Waals surface area contributed by atoms with Gasteiger partial charge in [-0.05, 0) is 46.5 Å². The predicted octanol–water partition coefficient (Wildman–Crippen LogP) is 4.22. The van der Waals surface area contributed by atoms with Gasteiger partial charge in [-0.15, -0.1) is 0 Å². The summed E-state index contributed by atoms with van der Waals surface area (Å²) in [6.45, 7) is 0. The fraction of sp³-hybridized carbons (Fsp3) is 0.500. The smallest absolute Gasteiger partial charge is 0.0548 e. The molecule has 2 rings (SSSR count). The molecule has 1 nitrogen and oxygen atoms in total. The van der Waals surface area contributed by atoms with Crippen LogP contribution in [0.2, 0.25) is 5.02 Å². The molecule has 1 aliphatic carbocycles. The second-order valence-corrected chi connectivity index (χ2v) is 5.61. The highest BCUT2D eigenvalue weighted by Gasteiger charge is 2.29. The molecule has 82 valence electrons. The maximum atomic E-state index is 6.44.